The van der Waals surface area contributed by atoms with Crippen molar-refractivity contribution in [2.75, 3.05) is 26.8 Å². The van der Waals surface area contributed by atoms with Crippen LogP contribution in [0.25, 0.3) is 0 Å². The summed E-state index contributed by atoms with van der Waals surface area (Å²) in [6, 6.07) is -0.748. The summed E-state index contributed by atoms with van der Waals surface area (Å²) in [6.45, 7) is 0.739. The van der Waals surface area contributed by atoms with Gasteiger partial charge in [0.25, 0.3) is 0 Å². The Morgan fingerprint density at radius 3 is 2.70 bits per heavy atom. The molecule has 1 aliphatic carbocycles. The number of carbonyl (C=O) groups is 4. The van der Waals surface area contributed by atoms with Crippen molar-refractivity contribution in [3.63, 3.8) is 0 Å². The maximum absolute atomic E-state index is 12.1. The molecule has 1 aliphatic heterocycles. The van der Waals surface area contributed by atoms with Gasteiger partial charge < -0.3 is 10.1 Å². The fourth-order valence-electron chi connectivity index (χ4n) is 2.10. The van der Waals surface area contributed by atoms with E-state index in [0.717, 1.165) is 4.90 Å². The van der Waals surface area contributed by atoms with Crippen LogP contribution >= 0.6 is 0 Å². The van der Waals surface area contributed by atoms with Gasteiger partial charge in [-0.25, -0.2) is 4.79 Å². The maximum atomic E-state index is 12.1. The monoisotopic (exact) mass is 283 g/mol. The SMILES string of the molecule is COCCNC(=O)CCN1C(=O)NC(=O)C2(CC2)C1=O. The van der Waals surface area contributed by atoms with Crippen LogP contribution in [0.2, 0.25) is 0 Å². The third-order valence-electron chi connectivity index (χ3n) is 3.50. The molecule has 8 nitrogen and oxygen atoms in total. The Balaban J connectivity index is 1.86. The van der Waals surface area contributed by atoms with Crippen molar-refractivity contribution in [2.45, 2.75) is 19.3 Å². The highest BCUT2D eigenvalue weighted by molar-refractivity contribution is 6.20. The summed E-state index contributed by atoms with van der Waals surface area (Å²) in [7, 11) is 1.52. The predicted octanol–water partition coefficient (Wildman–Crippen LogP) is -1.00. The smallest absolute Gasteiger partial charge is 0.330 e. The molecule has 1 heterocycles. The van der Waals surface area contributed by atoms with E-state index in [-0.39, 0.29) is 18.9 Å². The minimum absolute atomic E-state index is 0.00709. The van der Waals surface area contributed by atoms with E-state index < -0.39 is 23.3 Å². The summed E-state index contributed by atoms with van der Waals surface area (Å²) in [5.41, 5.74) is -1.06. The van der Waals surface area contributed by atoms with Crippen molar-refractivity contribution in [1.82, 2.24) is 15.5 Å². The van der Waals surface area contributed by atoms with Gasteiger partial charge in [-0.1, -0.05) is 0 Å². The van der Waals surface area contributed by atoms with Gasteiger partial charge in [0.05, 0.1) is 6.61 Å². The molecule has 110 valence electrons. The average molecular weight is 283 g/mol. The Labute approximate surface area is 115 Å². The first-order valence-electron chi connectivity index (χ1n) is 6.44. The minimum atomic E-state index is -1.06. The van der Waals surface area contributed by atoms with Gasteiger partial charge in [0.1, 0.15) is 5.41 Å². The number of imide groups is 2. The molecule has 20 heavy (non-hydrogen) atoms. The summed E-state index contributed by atoms with van der Waals surface area (Å²) in [5.74, 6) is -1.28. The molecule has 2 N–H and O–H groups in total. The molecule has 1 saturated heterocycles. The standard InChI is InChI=1S/C12H17N3O5/c1-20-7-5-13-8(16)2-6-15-10(18)12(3-4-12)9(17)14-11(15)19/h2-7H2,1H3,(H,13,16)(H,14,17,19). The first-order chi connectivity index (χ1) is 9.51. The molecular weight excluding hydrogens is 266 g/mol. The number of barbiturate groups is 1. The molecule has 0 aromatic heterocycles. The summed E-state index contributed by atoms with van der Waals surface area (Å²) >= 11 is 0. The lowest BCUT2D eigenvalue weighted by Gasteiger charge is -2.29. The third-order valence-corrected chi connectivity index (χ3v) is 3.50. The number of nitrogens with one attached hydrogen (secondary N) is 2. The number of nitrogens with zero attached hydrogens (tertiary/aromatic N) is 1. The Morgan fingerprint density at radius 2 is 2.10 bits per heavy atom. The number of methoxy groups -OCH3 is 1. The first-order valence-corrected chi connectivity index (χ1v) is 6.44. The van der Waals surface area contributed by atoms with E-state index in [1.54, 1.807) is 0 Å². The number of hydrogen-bond donors (Lipinski definition) is 2. The summed E-state index contributed by atoms with van der Waals surface area (Å²) in [6.07, 6.45) is 0.927. The molecule has 8 heteroatoms. The van der Waals surface area contributed by atoms with Crippen LogP contribution in [0, 0.1) is 5.41 Å². The molecule has 0 bridgehead atoms. The molecule has 5 amide bonds. The second-order valence-corrected chi connectivity index (χ2v) is 4.89. The number of hydrogen-bond acceptors (Lipinski definition) is 5. The lowest BCUT2D eigenvalue weighted by molar-refractivity contribution is -0.144. The Kier molecular flexibility index (Phi) is 4.03. The van der Waals surface area contributed by atoms with E-state index in [4.69, 9.17) is 4.74 Å². The van der Waals surface area contributed by atoms with Gasteiger partial charge in [-0.3, -0.25) is 24.6 Å². The lowest BCUT2D eigenvalue weighted by atomic mass is 10.0. The molecule has 0 radical (unpaired) electrons. The van der Waals surface area contributed by atoms with E-state index in [1.165, 1.54) is 7.11 Å². The summed E-state index contributed by atoms with van der Waals surface area (Å²) in [5, 5.41) is 4.76. The molecular formula is C12H17N3O5. The molecule has 2 aliphatic rings. The molecule has 0 atom stereocenters. The van der Waals surface area contributed by atoms with Crippen LogP contribution in [0.4, 0.5) is 4.79 Å². The summed E-state index contributed by atoms with van der Waals surface area (Å²) < 4.78 is 4.79. The van der Waals surface area contributed by atoms with E-state index in [1.807, 2.05) is 0 Å². The van der Waals surface area contributed by atoms with Gasteiger partial charge in [0.15, 0.2) is 0 Å². The molecule has 0 unspecified atom stereocenters. The van der Waals surface area contributed by atoms with Crippen molar-refractivity contribution >= 4 is 23.8 Å². The van der Waals surface area contributed by atoms with Gasteiger partial charge in [-0.15, -0.1) is 0 Å². The van der Waals surface area contributed by atoms with Crippen LogP contribution in [0.3, 0.4) is 0 Å². The van der Waals surface area contributed by atoms with Crippen molar-refractivity contribution < 1.29 is 23.9 Å². The predicted molar refractivity (Wildman–Crippen MR) is 66.4 cm³/mol. The van der Waals surface area contributed by atoms with Crippen LogP contribution in [-0.2, 0) is 19.1 Å². The molecule has 0 aromatic rings. The number of amides is 5. The zero-order valence-corrected chi connectivity index (χ0v) is 11.2. The van der Waals surface area contributed by atoms with Crippen LogP contribution < -0.4 is 10.6 Å². The van der Waals surface area contributed by atoms with Crippen molar-refractivity contribution in [3.05, 3.63) is 0 Å². The van der Waals surface area contributed by atoms with E-state index >= 15 is 0 Å². The Hall–Kier alpha value is -1.96. The van der Waals surface area contributed by atoms with Gasteiger partial charge in [0, 0.05) is 26.6 Å². The van der Waals surface area contributed by atoms with Crippen LogP contribution in [0.15, 0.2) is 0 Å². The van der Waals surface area contributed by atoms with Crippen LogP contribution in [-0.4, -0.2) is 55.5 Å². The van der Waals surface area contributed by atoms with E-state index in [0.29, 0.717) is 26.0 Å². The first kappa shape index (κ1) is 14.4. The highest BCUT2D eigenvalue weighted by Gasteiger charge is 2.62. The van der Waals surface area contributed by atoms with Crippen LogP contribution in [0.5, 0.6) is 0 Å². The highest BCUT2D eigenvalue weighted by Crippen LogP contribution is 2.48. The van der Waals surface area contributed by atoms with Crippen LogP contribution in [0.1, 0.15) is 19.3 Å². The van der Waals surface area contributed by atoms with Gasteiger partial charge in [0.2, 0.25) is 17.7 Å². The Morgan fingerprint density at radius 1 is 1.40 bits per heavy atom. The molecule has 1 saturated carbocycles. The zero-order chi connectivity index (χ0) is 14.8. The number of ether oxygens (including phenoxy) is 1. The molecule has 0 aromatic carbocycles. The van der Waals surface area contributed by atoms with Gasteiger partial charge >= 0.3 is 6.03 Å². The van der Waals surface area contributed by atoms with Gasteiger partial charge in [-0.2, -0.15) is 0 Å². The normalized spacial score (nSPS) is 20.1. The highest BCUT2D eigenvalue weighted by atomic mass is 16.5. The lowest BCUT2D eigenvalue weighted by Crippen LogP contribution is -2.59. The minimum Gasteiger partial charge on any atom is -0.383 e. The van der Waals surface area contributed by atoms with E-state index in [2.05, 4.69) is 10.6 Å². The van der Waals surface area contributed by atoms with Crippen molar-refractivity contribution in [2.24, 2.45) is 5.41 Å². The maximum Gasteiger partial charge on any atom is 0.330 e. The largest absolute Gasteiger partial charge is 0.383 e. The van der Waals surface area contributed by atoms with Gasteiger partial charge in [-0.05, 0) is 12.8 Å². The summed E-state index contributed by atoms with van der Waals surface area (Å²) in [4.78, 5) is 47.8. The number of rotatable bonds is 6. The second kappa shape index (κ2) is 5.58. The average Bonchev–Trinajstić information content (AvgIpc) is 3.19. The van der Waals surface area contributed by atoms with E-state index in [9.17, 15) is 19.2 Å². The topological polar surface area (TPSA) is 105 Å². The number of urea groups is 1. The quantitative estimate of drug-likeness (QED) is 0.480. The molecule has 2 rings (SSSR count). The number of carbonyl (C=O) groups excluding carboxylic acids is 4. The molecule has 2 fully saturated rings. The zero-order valence-electron chi connectivity index (χ0n) is 11.2. The molecule has 1 spiro atoms. The Bertz CT molecular complexity index is 458. The van der Waals surface area contributed by atoms with Crippen molar-refractivity contribution in [3.8, 4) is 0 Å². The second-order valence-electron chi connectivity index (χ2n) is 4.89. The fourth-order valence-corrected chi connectivity index (χ4v) is 2.10. The fraction of sp³-hybridized carbons (Fsp3) is 0.667. The van der Waals surface area contributed by atoms with Crippen molar-refractivity contribution in [1.29, 1.82) is 0 Å². The third kappa shape index (κ3) is 2.64.